The van der Waals surface area contributed by atoms with Gasteiger partial charge >= 0.3 is 5.97 Å². The Bertz CT molecular complexity index is 466. The zero-order valence-corrected chi connectivity index (χ0v) is 12.2. The molecular formula is C15H22N2O3. The lowest BCUT2D eigenvalue weighted by molar-refractivity contribution is -0.148. The average molecular weight is 278 g/mol. The molecule has 1 atom stereocenters. The van der Waals surface area contributed by atoms with Gasteiger partial charge in [-0.25, -0.2) is 0 Å². The van der Waals surface area contributed by atoms with E-state index in [9.17, 15) is 9.59 Å². The first-order valence-electron chi connectivity index (χ1n) is 6.54. The molecule has 1 aromatic rings. The van der Waals surface area contributed by atoms with E-state index in [1.54, 1.807) is 20.8 Å². The van der Waals surface area contributed by atoms with Gasteiger partial charge in [-0.3, -0.25) is 9.59 Å². The molecule has 0 unspecified atom stereocenters. The molecule has 0 heterocycles. The summed E-state index contributed by atoms with van der Waals surface area (Å²) >= 11 is 0. The van der Waals surface area contributed by atoms with Gasteiger partial charge in [-0.1, -0.05) is 30.3 Å². The number of carbonyl (C=O) groups is 2. The fraction of sp³-hybridized carbons (Fsp3) is 0.467. The van der Waals surface area contributed by atoms with E-state index in [0.29, 0.717) is 6.42 Å². The van der Waals surface area contributed by atoms with Crippen molar-refractivity contribution in [2.45, 2.75) is 38.8 Å². The minimum atomic E-state index is -1.04. The van der Waals surface area contributed by atoms with Gasteiger partial charge in [0.25, 0.3) is 0 Å². The number of hydrogen-bond acceptors (Lipinski definition) is 3. The second kappa shape index (κ2) is 6.52. The van der Waals surface area contributed by atoms with Crippen molar-refractivity contribution < 1.29 is 14.7 Å². The van der Waals surface area contributed by atoms with Crippen molar-refractivity contribution >= 4 is 11.9 Å². The number of carbonyl (C=O) groups excluding carboxylic acids is 1. The predicted molar refractivity (Wildman–Crippen MR) is 77.2 cm³/mol. The van der Waals surface area contributed by atoms with Crippen molar-refractivity contribution in [3.05, 3.63) is 35.9 Å². The standard InChI is InChI=1S/C15H22N2O3/c1-15(2,3)17(10-13(18)19)14(20)12(16)9-11-7-5-4-6-8-11/h4-8,12H,9-10,16H2,1-3H3,(H,18,19)/t12-/m0/s1. The van der Waals surface area contributed by atoms with Crippen LogP contribution in [0.15, 0.2) is 30.3 Å². The number of carboxylic acids is 1. The molecule has 0 fully saturated rings. The van der Waals surface area contributed by atoms with Crippen LogP contribution in [0.3, 0.4) is 0 Å². The Labute approximate surface area is 119 Å². The highest BCUT2D eigenvalue weighted by molar-refractivity contribution is 5.86. The minimum Gasteiger partial charge on any atom is -0.480 e. The van der Waals surface area contributed by atoms with Gasteiger partial charge in [0.2, 0.25) is 5.91 Å². The summed E-state index contributed by atoms with van der Waals surface area (Å²) in [5.74, 6) is -1.39. The maximum atomic E-state index is 12.4. The maximum absolute atomic E-state index is 12.4. The largest absolute Gasteiger partial charge is 0.480 e. The molecule has 0 spiro atoms. The van der Waals surface area contributed by atoms with Gasteiger partial charge in [0.15, 0.2) is 0 Å². The quantitative estimate of drug-likeness (QED) is 0.849. The van der Waals surface area contributed by atoms with Crippen LogP contribution in [-0.4, -0.2) is 40.0 Å². The average Bonchev–Trinajstić information content (AvgIpc) is 2.34. The van der Waals surface area contributed by atoms with E-state index in [1.807, 2.05) is 30.3 Å². The van der Waals surface area contributed by atoms with E-state index in [0.717, 1.165) is 5.56 Å². The molecule has 3 N–H and O–H groups in total. The Morgan fingerprint density at radius 3 is 2.25 bits per heavy atom. The summed E-state index contributed by atoms with van der Waals surface area (Å²) < 4.78 is 0. The maximum Gasteiger partial charge on any atom is 0.323 e. The van der Waals surface area contributed by atoms with Crippen LogP contribution in [0.4, 0.5) is 0 Å². The Morgan fingerprint density at radius 1 is 1.25 bits per heavy atom. The second-order valence-corrected chi connectivity index (χ2v) is 5.79. The number of aliphatic carboxylic acids is 1. The first-order chi connectivity index (χ1) is 9.21. The van der Waals surface area contributed by atoms with E-state index in [1.165, 1.54) is 4.90 Å². The number of nitrogens with zero attached hydrogens (tertiary/aromatic N) is 1. The van der Waals surface area contributed by atoms with Gasteiger partial charge in [0.05, 0.1) is 6.04 Å². The van der Waals surface area contributed by atoms with Crippen molar-refractivity contribution in [1.82, 2.24) is 4.90 Å². The summed E-state index contributed by atoms with van der Waals surface area (Å²) in [6.07, 6.45) is 0.395. The predicted octanol–water partition coefficient (Wildman–Crippen LogP) is 1.27. The number of amides is 1. The van der Waals surface area contributed by atoms with E-state index >= 15 is 0 Å². The van der Waals surface area contributed by atoms with Crippen LogP contribution >= 0.6 is 0 Å². The van der Waals surface area contributed by atoms with Gasteiger partial charge < -0.3 is 15.7 Å². The lowest BCUT2D eigenvalue weighted by Crippen LogP contribution is -2.54. The highest BCUT2D eigenvalue weighted by atomic mass is 16.4. The van der Waals surface area contributed by atoms with Crippen molar-refractivity contribution in [3.63, 3.8) is 0 Å². The summed E-state index contributed by atoms with van der Waals surface area (Å²) in [5, 5.41) is 8.93. The molecule has 0 aromatic heterocycles. The van der Waals surface area contributed by atoms with Crippen LogP contribution in [0.5, 0.6) is 0 Å². The molecule has 0 radical (unpaired) electrons. The third kappa shape index (κ3) is 4.66. The SMILES string of the molecule is CC(C)(C)N(CC(=O)O)C(=O)[C@@H](N)Cc1ccccc1. The summed E-state index contributed by atoms with van der Waals surface area (Å²) in [7, 11) is 0. The summed E-state index contributed by atoms with van der Waals surface area (Å²) in [6.45, 7) is 5.04. The highest BCUT2D eigenvalue weighted by Gasteiger charge is 2.31. The Balaban J connectivity index is 2.81. The molecule has 0 bridgehead atoms. The minimum absolute atomic E-state index is 0.342. The molecule has 5 heteroatoms. The third-order valence-electron chi connectivity index (χ3n) is 2.98. The van der Waals surface area contributed by atoms with Gasteiger partial charge in [-0.2, -0.15) is 0 Å². The monoisotopic (exact) mass is 278 g/mol. The first kappa shape index (κ1) is 16.2. The van der Waals surface area contributed by atoms with E-state index in [2.05, 4.69) is 0 Å². The Morgan fingerprint density at radius 2 is 1.80 bits per heavy atom. The van der Waals surface area contributed by atoms with Crippen LogP contribution in [0, 0.1) is 0 Å². The summed E-state index contributed by atoms with van der Waals surface area (Å²) in [6, 6.07) is 8.70. The molecule has 0 aliphatic carbocycles. The highest BCUT2D eigenvalue weighted by Crippen LogP contribution is 2.15. The van der Waals surface area contributed by atoms with Crippen LogP contribution < -0.4 is 5.73 Å². The Kier molecular flexibility index (Phi) is 5.27. The lowest BCUT2D eigenvalue weighted by Gasteiger charge is -2.36. The van der Waals surface area contributed by atoms with E-state index in [4.69, 9.17) is 10.8 Å². The smallest absolute Gasteiger partial charge is 0.323 e. The molecule has 0 saturated heterocycles. The molecular weight excluding hydrogens is 256 g/mol. The molecule has 0 aliphatic rings. The fourth-order valence-electron chi connectivity index (χ4n) is 1.94. The van der Waals surface area contributed by atoms with Crippen molar-refractivity contribution in [1.29, 1.82) is 0 Å². The number of rotatable bonds is 5. The van der Waals surface area contributed by atoms with Gasteiger partial charge in [0.1, 0.15) is 6.54 Å². The molecule has 20 heavy (non-hydrogen) atoms. The molecule has 0 saturated carbocycles. The molecule has 1 rings (SSSR count). The number of hydrogen-bond donors (Lipinski definition) is 2. The fourth-order valence-corrected chi connectivity index (χ4v) is 1.94. The van der Waals surface area contributed by atoms with Crippen LogP contribution in [0.1, 0.15) is 26.3 Å². The van der Waals surface area contributed by atoms with Gasteiger partial charge in [-0.05, 0) is 32.8 Å². The topological polar surface area (TPSA) is 83.6 Å². The van der Waals surface area contributed by atoms with Crippen LogP contribution in [-0.2, 0) is 16.0 Å². The summed E-state index contributed by atoms with van der Waals surface area (Å²) in [4.78, 5) is 24.6. The third-order valence-corrected chi connectivity index (χ3v) is 2.98. The zero-order valence-electron chi connectivity index (χ0n) is 12.2. The van der Waals surface area contributed by atoms with E-state index in [-0.39, 0.29) is 12.5 Å². The van der Waals surface area contributed by atoms with Crippen LogP contribution in [0.25, 0.3) is 0 Å². The van der Waals surface area contributed by atoms with Gasteiger partial charge in [-0.15, -0.1) is 0 Å². The van der Waals surface area contributed by atoms with Crippen molar-refractivity contribution in [2.24, 2.45) is 5.73 Å². The normalized spacial score (nSPS) is 12.8. The van der Waals surface area contributed by atoms with Crippen LogP contribution in [0.2, 0.25) is 0 Å². The van der Waals surface area contributed by atoms with Crippen molar-refractivity contribution in [3.8, 4) is 0 Å². The number of benzene rings is 1. The van der Waals surface area contributed by atoms with Crippen molar-refractivity contribution in [2.75, 3.05) is 6.54 Å². The summed E-state index contributed by atoms with van der Waals surface area (Å²) in [5.41, 5.74) is 6.31. The van der Waals surface area contributed by atoms with E-state index < -0.39 is 17.6 Å². The molecule has 0 aliphatic heterocycles. The second-order valence-electron chi connectivity index (χ2n) is 5.79. The lowest BCUT2D eigenvalue weighted by atomic mass is 10.0. The molecule has 1 amide bonds. The first-order valence-corrected chi connectivity index (χ1v) is 6.54. The zero-order chi connectivity index (χ0) is 15.3. The molecule has 5 nitrogen and oxygen atoms in total. The molecule has 110 valence electrons. The molecule has 1 aromatic carbocycles. The number of carboxylic acid groups (broad SMARTS) is 1. The number of nitrogens with two attached hydrogens (primary N) is 1. The van der Waals surface area contributed by atoms with Gasteiger partial charge in [0, 0.05) is 5.54 Å². The Hall–Kier alpha value is -1.88.